The highest BCUT2D eigenvalue weighted by atomic mass is 16.3. The zero-order valence-corrected chi connectivity index (χ0v) is 18.7. The van der Waals surface area contributed by atoms with Gasteiger partial charge in [0, 0.05) is 21.8 Å². The van der Waals surface area contributed by atoms with Gasteiger partial charge in [0.15, 0.2) is 0 Å². The van der Waals surface area contributed by atoms with E-state index in [-0.39, 0.29) is 0 Å². The Morgan fingerprint density at radius 1 is 0.500 bits per heavy atom. The molecule has 2 heterocycles. The summed E-state index contributed by atoms with van der Waals surface area (Å²) in [6.07, 6.45) is 2.09. The molecule has 0 fully saturated rings. The average molecular weight is 438 g/mol. The molecule has 0 aliphatic carbocycles. The van der Waals surface area contributed by atoms with Crippen molar-refractivity contribution in [2.75, 3.05) is 0 Å². The third-order valence-electron chi connectivity index (χ3n) is 6.91. The fraction of sp³-hybridized carbons (Fsp3) is 0.0625. The molecule has 2 nitrogen and oxygen atoms in total. The summed E-state index contributed by atoms with van der Waals surface area (Å²) in [7, 11) is 0. The Hall–Kier alpha value is -4.30. The monoisotopic (exact) mass is 437 g/mol. The first-order chi connectivity index (χ1) is 16.9. The number of para-hydroxylation sites is 2. The number of hydrogen-bond acceptors (Lipinski definition) is 1. The first-order valence-corrected chi connectivity index (χ1v) is 11.8. The van der Waals surface area contributed by atoms with E-state index in [1.54, 1.807) is 0 Å². The highest BCUT2D eigenvalue weighted by molar-refractivity contribution is 6.24. The van der Waals surface area contributed by atoms with Gasteiger partial charge in [0.05, 0.1) is 16.4 Å². The van der Waals surface area contributed by atoms with Crippen molar-refractivity contribution in [3.63, 3.8) is 0 Å². The number of nitrogens with zero attached hydrogens (tertiary/aromatic N) is 1. The molecule has 0 unspecified atom stereocenters. The molecule has 0 amide bonds. The van der Waals surface area contributed by atoms with E-state index in [0.29, 0.717) is 0 Å². The quantitative estimate of drug-likeness (QED) is 0.270. The molecule has 0 saturated carbocycles. The molecule has 7 aromatic rings. The predicted molar refractivity (Wildman–Crippen MR) is 142 cm³/mol. The lowest BCUT2D eigenvalue weighted by Crippen LogP contribution is -1.96. The van der Waals surface area contributed by atoms with Gasteiger partial charge in [-0.1, -0.05) is 78.9 Å². The number of fused-ring (bicyclic) bond motifs is 7. The molecule has 0 saturated heterocycles. The summed E-state index contributed by atoms with van der Waals surface area (Å²) >= 11 is 0. The number of benzene rings is 5. The molecular formula is C32H23NO. The molecule has 0 aliphatic rings. The van der Waals surface area contributed by atoms with Crippen LogP contribution >= 0.6 is 0 Å². The summed E-state index contributed by atoms with van der Waals surface area (Å²) in [4.78, 5) is 0. The smallest absolute Gasteiger partial charge is 0.137 e. The molecule has 0 N–H and O–H groups in total. The van der Waals surface area contributed by atoms with Crippen LogP contribution in [0.4, 0.5) is 0 Å². The molecule has 162 valence electrons. The van der Waals surface area contributed by atoms with Gasteiger partial charge in [-0.3, -0.25) is 0 Å². The molecule has 0 radical (unpaired) electrons. The number of rotatable bonds is 4. The maximum absolute atomic E-state index is 6.23. The zero-order chi connectivity index (χ0) is 22.5. The van der Waals surface area contributed by atoms with Crippen molar-refractivity contribution in [2.45, 2.75) is 12.8 Å². The second-order valence-electron chi connectivity index (χ2n) is 8.94. The van der Waals surface area contributed by atoms with Crippen LogP contribution in [0, 0.1) is 0 Å². The van der Waals surface area contributed by atoms with Gasteiger partial charge >= 0.3 is 0 Å². The SMILES string of the molecule is c1ccc(CCc2ccc(-n3c4ccccc4c4ccc5oc6ccccc6c5c43)cc2)cc1. The van der Waals surface area contributed by atoms with Gasteiger partial charge in [-0.2, -0.15) is 0 Å². The summed E-state index contributed by atoms with van der Waals surface area (Å²) in [5, 5.41) is 4.85. The Bertz CT molecular complexity index is 1790. The lowest BCUT2D eigenvalue weighted by Gasteiger charge is -2.10. The molecule has 7 rings (SSSR count). The largest absolute Gasteiger partial charge is 0.456 e. The summed E-state index contributed by atoms with van der Waals surface area (Å²) in [5.41, 5.74) is 8.19. The van der Waals surface area contributed by atoms with Crippen molar-refractivity contribution in [1.29, 1.82) is 0 Å². The highest BCUT2D eigenvalue weighted by Crippen LogP contribution is 2.40. The van der Waals surface area contributed by atoms with Crippen LogP contribution in [-0.4, -0.2) is 4.57 Å². The molecule has 2 aromatic heterocycles. The number of furan rings is 1. The normalized spacial score (nSPS) is 11.8. The minimum atomic E-state index is 0.928. The van der Waals surface area contributed by atoms with E-state index in [9.17, 15) is 0 Å². The minimum Gasteiger partial charge on any atom is -0.456 e. The zero-order valence-electron chi connectivity index (χ0n) is 18.7. The third kappa shape index (κ3) is 2.96. The van der Waals surface area contributed by atoms with Gasteiger partial charge in [-0.05, 0) is 60.4 Å². The van der Waals surface area contributed by atoms with E-state index in [0.717, 1.165) is 29.4 Å². The molecular weight excluding hydrogens is 414 g/mol. The van der Waals surface area contributed by atoms with Gasteiger partial charge in [0.25, 0.3) is 0 Å². The minimum absolute atomic E-state index is 0.928. The Morgan fingerprint density at radius 3 is 2.00 bits per heavy atom. The van der Waals surface area contributed by atoms with Crippen LogP contribution in [0.25, 0.3) is 49.4 Å². The van der Waals surface area contributed by atoms with Crippen LogP contribution in [0.3, 0.4) is 0 Å². The summed E-state index contributed by atoms with van der Waals surface area (Å²) in [6.45, 7) is 0. The van der Waals surface area contributed by atoms with Crippen LogP contribution in [-0.2, 0) is 12.8 Å². The number of hydrogen-bond donors (Lipinski definition) is 0. The third-order valence-corrected chi connectivity index (χ3v) is 6.91. The maximum atomic E-state index is 6.23. The summed E-state index contributed by atoms with van der Waals surface area (Å²) < 4.78 is 8.63. The maximum Gasteiger partial charge on any atom is 0.137 e. The fourth-order valence-corrected chi connectivity index (χ4v) is 5.28. The highest BCUT2D eigenvalue weighted by Gasteiger charge is 2.18. The molecule has 5 aromatic carbocycles. The topological polar surface area (TPSA) is 18.1 Å². The Balaban J connectivity index is 1.42. The molecule has 0 bridgehead atoms. The van der Waals surface area contributed by atoms with Crippen LogP contribution in [0.5, 0.6) is 0 Å². The van der Waals surface area contributed by atoms with Gasteiger partial charge in [0.1, 0.15) is 11.2 Å². The Morgan fingerprint density at radius 2 is 1.18 bits per heavy atom. The Labute approximate surface area is 197 Å². The molecule has 0 aliphatic heterocycles. The van der Waals surface area contributed by atoms with Gasteiger partial charge < -0.3 is 8.98 Å². The molecule has 34 heavy (non-hydrogen) atoms. The van der Waals surface area contributed by atoms with Crippen molar-refractivity contribution < 1.29 is 4.42 Å². The van der Waals surface area contributed by atoms with Gasteiger partial charge in [-0.25, -0.2) is 0 Å². The van der Waals surface area contributed by atoms with Crippen molar-refractivity contribution >= 4 is 43.7 Å². The van der Waals surface area contributed by atoms with Crippen molar-refractivity contribution in [2.24, 2.45) is 0 Å². The Kier molecular flexibility index (Phi) is 4.31. The van der Waals surface area contributed by atoms with Crippen molar-refractivity contribution in [3.8, 4) is 5.69 Å². The van der Waals surface area contributed by atoms with E-state index < -0.39 is 0 Å². The van der Waals surface area contributed by atoms with Crippen LogP contribution in [0.2, 0.25) is 0 Å². The average Bonchev–Trinajstić information content (AvgIpc) is 3.44. The predicted octanol–water partition coefficient (Wildman–Crippen LogP) is 8.47. The van der Waals surface area contributed by atoms with Gasteiger partial charge in [-0.15, -0.1) is 0 Å². The first-order valence-electron chi connectivity index (χ1n) is 11.8. The van der Waals surface area contributed by atoms with Crippen LogP contribution in [0.1, 0.15) is 11.1 Å². The lowest BCUT2D eigenvalue weighted by atomic mass is 10.0. The van der Waals surface area contributed by atoms with Crippen LogP contribution < -0.4 is 0 Å². The standard InChI is InChI=1S/C32H23NO/c1-2-8-22(9-3-1)14-15-23-16-18-24(19-17-23)33-28-12-6-4-10-25(28)26-20-21-30-31(32(26)33)27-11-5-7-13-29(27)34-30/h1-13,16-21H,14-15H2. The van der Waals surface area contributed by atoms with E-state index in [2.05, 4.69) is 114 Å². The summed E-state index contributed by atoms with van der Waals surface area (Å²) in [5.74, 6) is 0. The van der Waals surface area contributed by atoms with Crippen LogP contribution in [0.15, 0.2) is 120 Å². The second kappa shape index (κ2) is 7.64. The number of aryl methyl sites for hydroxylation is 2. The lowest BCUT2D eigenvalue weighted by molar-refractivity contribution is 0.669. The first kappa shape index (κ1) is 19.2. The van der Waals surface area contributed by atoms with E-state index in [1.165, 1.54) is 44.0 Å². The van der Waals surface area contributed by atoms with E-state index in [1.807, 2.05) is 6.07 Å². The molecule has 0 spiro atoms. The fourth-order valence-electron chi connectivity index (χ4n) is 5.28. The van der Waals surface area contributed by atoms with Crippen molar-refractivity contribution in [1.82, 2.24) is 4.57 Å². The van der Waals surface area contributed by atoms with E-state index >= 15 is 0 Å². The number of aromatic nitrogens is 1. The molecule has 0 atom stereocenters. The second-order valence-corrected chi connectivity index (χ2v) is 8.94. The molecule has 2 heteroatoms. The van der Waals surface area contributed by atoms with Crippen molar-refractivity contribution in [3.05, 3.63) is 126 Å². The summed E-state index contributed by atoms with van der Waals surface area (Å²) in [6, 6.07) is 41.1. The van der Waals surface area contributed by atoms with E-state index in [4.69, 9.17) is 4.42 Å². The van der Waals surface area contributed by atoms with Gasteiger partial charge in [0.2, 0.25) is 0 Å².